The van der Waals surface area contributed by atoms with Gasteiger partial charge in [0.2, 0.25) is 5.89 Å². The van der Waals surface area contributed by atoms with Gasteiger partial charge in [0.15, 0.2) is 0 Å². The van der Waals surface area contributed by atoms with Crippen LogP contribution >= 0.6 is 0 Å². The Morgan fingerprint density at radius 2 is 2.55 bits per heavy atom. The Morgan fingerprint density at radius 3 is 3.25 bits per heavy atom. The summed E-state index contributed by atoms with van der Waals surface area (Å²) < 4.78 is 6.80. The Morgan fingerprint density at radius 1 is 1.65 bits per heavy atom. The summed E-state index contributed by atoms with van der Waals surface area (Å²) in [5.74, 6) is 0.179. The number of nitrogens with zero attached hydrogens (tertiary/aromatic N) is 4. The van der Waals surface area contributed by atoms with Gasteiger partial charge in [-0.3, -0.25) is 9.48 Å². The molecular formula is C12H16N6O2. The Balaban J connectivity index is 1.59. The third-order valence-corrected chi connectivity index (χ3v) is 3.20. The minimum atomic E-state index is -0.358. The van der Waals surface area contributed by atoms with Crippen molar-refractivity contribution in [2.24, 2.45) is 7.05 Å². The number of aryl methyl sites for hydroxylation is 1. The van der Waals surface area contributed by atoms with Crippen molar-refractivity contribution in [3.63, 3.8) is 0 Å². The molecule has 8 heteroatoms. The molecule has 1 saturated heterocycles. The summed E-state index contributed by atoms with van der Waals surface area (Å²) in [6.45, 7) is 1.28. The van der Waals surface area contributed by atoms with Crippen molar-refractivity contribution >= 4 is 5.91 Å². The molecule has 1 fully saturated rings. The molecule has 0 bridgehead atoms. The van der Waals surface area contributed by atoms with Gasteiger partial charge in [-0.25, -0.2) is 0 Å². The van der Waals surface area contributed by atoms with E-state index in [4.69, 9.17) is 4.52 Å². The molecule has 1 aliphatic rings. The lowest BCUT2D eigenvalue weighted by Gasteiger charge is -2.01. The van der Waals surface area contributed by atoms with Crippen molar-refractivity contribution < 1.29 is 9.32 Å². The maximum atomic E-state index is 11.9. The number of hydrogen-bond acceptors (Lipinski definition) is 6. The van der Waals surface area contributed by atoms with E-state index >= 15 is 0 Å². The monoisotopic (exact) mass is 276 g/mol. The molecule has 0 aromatic carbocycles. The van der Waals surface area contributed by atoms with Crippen LogP contribution in [0.15, 0.2) is 16.8 Å². The fraction of sp³-hybridized carbons (Fsp3) is 0.500. The number of nitrogens with one attached hydrogen (secondary N) is 2. The summed E-state index contributed by atoms with van der Waals surface area (Å²) in [6.07, 6.45) is 3.85. The summed E-state index contributed by atoms with van der Waals surface area (Å²) >= 11 is 0. The highest BCUT2D eigenvalue weighted by atomic mass is 16.5. The highest BCUT2D eigenvalue weighted by Crippen LogP contribution is 2.20. The molecule has 2 N–H and O–H groups in total. The molecule has 20 heavy (non-hydrogen) atoms. The predicted octanol–water partition coefficient (Wildman–Crippen LogP) is 0.158. The van der Waals surface area contributed by atoms with Crippen molar-refractivity contribution in [3.05, 3.63) is 29.7 Å². The Labute approximate surface area is 115 Å². The van der Waals surface area contributed by atoms with Crippen LogP contribution in [0.4, 0.5) is 0 Å². The van der Waals surface area contributed by atoms with Crippen LogP contribution in [0, 0.1) is 0 Å². The average molecular weight is 276 g/mol. The molecule has 1 unspecified atom stereocenters. The summed E-state index contributed by atoms with van der Waals surface area (Å²) in [4.78, 5) is 16.0. The molecule has 2 aromatic heterocycles. The molecule has 1 amide bonds. The first-order valence-electron chi connectivity index (χ1n) is 6.56. The van der Waals surface area contributed by atoms with Crippen molar-refractivity contribution in [2.75, 3.05) is 6.54 Å². The van der Waals surface area contributed by atoms with Crippen molar-refractivity contribution in [2.45, 2.75) is 25.4 Å². The molecular weight excluding hydrogens is 260 g/mol. The molecule has 106 valence electrons. The first-order valence-corrected chi connectivity index (χ1v) is 6.56. The molecule has 0 spiro atoms. The molecule has 2 aromatic rings. The smallest absolute Gasteiger partial charge is 0.293 e. The summed E-state index contributed by atoms with van der Waals surface area (Å²) in [6, 6.07) is 1.91. The number of hydrogen-bond donors (Lipinski definition) is 2. The van der Waals surface area contributed by atoms with Crippen molar-refractivity contribution in [1.82, 2.24) is 30.6 Å². The van der Waals surface area contributed by atoms with Gasteiger partial charge in [-0.1, -0.05) is 5.16 Å². The van der Waals surface area contributed by atoms with E-state index in [2.05, 4.69) is 25.9 Å². The summed E-state index contributed by atoms with van der Waals surface area (Å²) in [7, 11) is 1.82. The lowest BCUT2D eigenvalue weighted by Crippen LogP contribution is -2.24. The van der Waals surface area contributed by atoms with Crippen LogP contribution in [0.5, 0.6) is 0 Å². The van der Waals surface area contributed by atoms with Crippen LogP contribution in [-0.4, -0.2) is 32.4 Å². The topological polar surface area (TPSA) is 97.9 Å². The number of carbonyl (C=O) groups is 1. The second kappa shape index (κ2) is 5.41. The van der Waals surface area contributed by atoms with E-state index in [1.807, 2.05) is 19.3 Å². The SMILES string of the molecule is Cn1ccc(CNC(=O)c2noc(C3CCCN3)n2)n1. The number of aromatic nitrogens is 4. The first kappa shape index (κ1) is 12.8. The number of carbonyl (C=O) groups excluding carboxylic acids is 1. The van der Waals surface area contributed by atoms with Gasteiger partial charge >= 0.3 is 0 Å². The van der Waals surface area contributed by atoms with Crippen LogP contribution in [0.2, 0.25) is 0 Å². The molecule has 1 aliphatic heterocycles. The van der Waals surface area contributed by atoms with E-state index in [0.29, 0.717) is 12.4 Å². The predicted molar refractivity (Wildman–Crippen MR) is 68.7 cm³/mol. The molecule has 1 atom stereocenters. The van der Waals surface area contributed by atoms with Crippen LogP contribution in [-0.2, 0) is 13.6 Å². The fourth-order valence-corrected chi connectivity index (χ4v) is 2.17. The molecule has 3 heterocycles. The van der Waals surface area contributed by atoms with E-state index in [-0.39, 0.29) is 17.8 Å². The van der Waals surface area contributed by atoms with E-state index < -0.39 is 0 Å². The Bertz CT molecular complexity index is 599. The van der Waals surface area contributed by atoms with Crippen LogP contribution in [0.3, 0.4) is 0 Å². The van der Waals surface area contributed by atoms with Gasteiger partial charge in [-0.2, -0.15) is 10.1 Å². The maximum Gasteiger partial charge on any atom is 0.293 e. The number of amides is 1. The van der Waals surface area contributed by atoms with Crippen LogP contribution < -0.4 is 10.6 Å². The Hall–Kier alpha value is -2.22. The quantitative estimate of drug-likeness (QED) is 0.825. The molecule has 3 rings (SSSR count). The normalized spacial score (nSPS) is 18.4. The van der Waals surface area contributed by atoms with Gasteiger partial charge in [0.05, 0.1) is 18.3 Å². The minimum absolute atomic E-state index is 0.0598. The third-order valence-electron chi connectivity index (χ3n) is 3.20. The number of rotatable bonds is 4. The van der Waals surface area contributed by atoms with Gasteiger partial charge in [0, 0.05) is 13.2 Å². The zero-order valence-electron chi connectivity index (χ0n) is 11.2. The van der Waals surface area contributed by atoms with Gasteiger partial charge in [-0.15, -0.1) is 0 Å². The average Bonchev–Trinajstić information content (AvgIpc) is 3.16. The maximum absolute atomic E-state index is 11.9. The van der Waals surface area contributed by atoms with Crippen LogP contribution in [0.25, 0.3) is 0 Å². The summed E-state index contributed by atoms with van der Waals surface area (Å²) in [5, 5.41) is 13.8. The molecule has 0 aliphatic carbocycles. The van der Waals surface area contributed by atoms with E-state index in [9.17, 15) is 4.79 Å². The van der Waals surface area contributed by atoms with Crippen molar-refractivity contribution in [3.8, 4) is 0 Å². The Kier molecular flexibility index (Phi) is 3.46. The lowest BCUT2D eigenvalue weighted by atomic mass is 10.2. The van der Waals surface area contributed by atoms with E-state index in [1.165, 1.54) is 0 Å². The molecule has 0 saturated carbocycles. The van der Waals surface area contributed by atoms with Gasteiger partial charge < -0.3 is 15.2 Å². The highest BCUT2D eigenvalue weighted by Gasteiger charge is 2.24. The second-order valence-electron chi connectivity index (χ2n) is 4.77. The van der Waals surface area contributed by atoms with E-state index in [1.54, 1.807) is 4.68 Å². The molecule has 0 radical (unpaired) electrons. The van der Waals surface area contributed by atoms with Crippen LogP contribution in [0.1, 0.15) is 41.1 Å². The fourth-order valence-electron chi connectivity index (χ4n) is 2.17. The van der Waals surface area contributed by atoms with Gasteiger partial charge in [0.1, 0.15) is 0 Å². The lowest BCUT2D eigenvalue weighted by molar-refractivity contribution is 0.0937. The van der Waals surface area contributed by atoms with Crippen molar-refractivity contribution in [1.29, 1.82) is 0 Å². The zero-order chi connectivity index (χ0) is 13.9. The van der Waals surface area contributed by atoms with E-state index in [0.717, 1.165) is 25.1 Å². The minimum Gasteiger partial charge on any atom is -0.343 e. The zero-order valence-corrected chi connectivity index (χ0v) is 11.2. The first-order chi connectivity index (χ1) is 9.72. The van der Waals surface area contributed by atoms with Gasteiger partial charge in [-0.05, 0) is 25.5 Å². The third kappa shape index (κ3) is 2.69. The standard InChI is InChI=1S/C12H16N6O2/c1-18-6-4-8(16-18)7-14-11(19)10-15-12(20-17-10)9-3-2-5-13-9/h4,6,9,13H,2-3,5,7H2,1H3,(H,14,19). The highest BCUT2D eigenvalue weighted by molar-refractivity contribution is 5.90. The van der Waals surface area contributed by atoms with Gasteiger partial charge in [0.25, 0.3) is 11.7 Å². The largest absolute Gasteiger partial charge is 0.343 e. The summed E-state index contributed by atoms with van der Waals surface area (Å²) in [5.41, 5.74) is 0.780. The molecule has 8 nitrogen and oxygen atoms in total. The second-order valence-corrected chi connectivity index (χ2v) is 4.77.